The van der Waals surface area contributed by atoms with Crippen molar-refractivity contribution in [3.8, 4) is 5.75 Å². The summed E-state index contributed by atoms with van der Waals surface area (Å²) in [7, 11) is 1.52. The first-order valence-electron chi connectivity index (χ1n) is 10.0. The van der Waals surface area contributed by atoms with Gasteiger partial charge >= 0.3 is 0 Å². The molecule has 0 bridgehead atoms. The lowest BCUT2D eigenvalue weighted by molar-refractivity contribution is -0.116. The maximum Gasteiger partial charge on any atom is 0.257 e. The van der Waals surface area contributed by atoms with Crippen molar-refractivity contribution >= 4 is 29.2 Å². The van der Waals surface area contributed by atoms with Crippen molar-refractivity contribution in [3.63, 3.8) is 0 Å². The van der Waals surface area contributed by atoms with Gasteiger partial charge in [-0.3, -0.25) is 14.4 Å². The second kappa shape index (κ2) is 8.96. The van der Waals surface area contributed by atoms with Gasteiger partial charge < -0.3 is 19.9 Å². The Balaban J connectivity index is 1.42. The average Bonchev–Trinajstić information content (AvgIpc) is 3.27. The molecule has 32 heavy (non-hydrogen) atoms. The van der Waals surface area contributed by atoms with Crippen LogP contribution in [0.2, 0.25) is 0 Å². The molecular weight excluding hydrogens is 414 g/mol. The fourth-order valence-corrected chi connectivity index (χ4v) is 3.44. The second-order valence-corrected chi connectivity index (χ2v) is 7.43. The van der Waals surface area contributed by atoms with Crippen LogP contribution in [0.4, 0.5) is 11.6 Å². The van der Waals surface area contributed by atoms with E-state index in [0.29, 0.717) is 40.6 Å². The lowest BCUT2D eigenvalue weighted by atomic mass is 9.96. The van der Waals surface area contributed by atoms with Crippen LogP contribution in [-0.4, -0.2) is 39.8 Å². The summed E-state index contributed by atoms with van der Waals surface area (Å²) in [5.41, 5.74) is 1.36. The predicted octanol–water partition coefficient (Wildman–Crippen LogP) is 2.99. The van der Waals surface area contributed by atoms with Crippen molar-refractivity contribution in [1.29, 1.82) is 0 Å². The number of carbonyl (C=O) groups is 3. The number of amides is 2. The topological polar surface area (TPSA) is 136 Å². The number of benzene rings is 1. The number of ether oxygens (including phenoxy) is 1. The van der Waals surface area contributed by atoms with E-state index in [4.69, 9.17) is 9.26 Å². The van der Waals surface area contributed by atoms with Gasteiger partial charge in [-0.25, -0.2) is 9.97 Å². The van der Waals surface area contributed by atoms with Crippen molar-refractivity contribution in [2.75, 3.05) is 17.7 Å². The minimum Gasteiger partial charge on any atom is -0.497 e. The van der Waals surface area contributed by atoms with E-state index in [2.05, 4.69) is 25.8 Å². The molecule has 3 heterocycles. The van der Waals surface area contributed by atoms with Crippen LogP contribution in [0, 0.1) is 0 Å². The number of anilines is 2. The standard InChI is InChI=1S/C22H21N5O5/c1-12(8-16(28)20-15-6-7-19(29)26-21(15)24-11-23-20)17-10-18(27-32-17)25-22(30)13-4-3-5-14(9-13)31-2/h3-5,9-12H,6-8H2,1-2H3,(H,25,27,30)(H,23,24,26,29)/t12-/m0/s1. The lowest BCUT2D eigenvalue weighted by Crippen LogP contribution is -2.23. The predicted molar refractivity (Wildman–Crippen MR) is 114 cm³/mol. The highest BCUT2D eigenvalue weighted by Crippen LogP contribution is 2.27. The van der Waals surface area contributed by atoms with E-state index in [1.807, 2.05) is 6.92 Å². The molecule has 10 heteroatoms. The van der Waals surface area contributed by atoms with Gasteiger partial charge in [-0.1, -0.05) is 18.1 Å². The summed E-state index contributed by atoms with van der Waals surface area (Å²) in [6.07, 6.45) is 2.09. The third-order valence-electron chi connectivity index (χ3n) is 5.15. The van der Waals surface area contributed by atoms with Crippen molar-refractivity contribution in [2.24, 2.45) is 0 Å². The summed E-state index contributed by atoms with van der Waals surface area (Å²) >= 11 is 0. The summed E-state index contributed by atoms with van der Waals surface area (Å²) in [5.74, 6) is 0.665. The molecule has 3 aromatic rings. The molecule has 1 aromatic carbocycles. The number of fused-ring (bicyclic) bond motifs is 1. The van der Waals surface area contributed by atoms with Crippen LogP contribution in [0.25, 0.3) is 0 Å². The first-order valence-corrected chi connectivity index (χ1v) is 10.0. The number of aromatic nitrogens is 3. The monoisotopic (exact) mass is 435 g/mol. The van der Waals surface area contributed by atoms with Crippen LogP contribution in [-0.2, 0) is 11.2 Å². The van der Waals surface area contributed by atoms with Crippen LogP contribution in [0.3, 0.4) is 0 Å². The maximum absolute atomic E-state index is 12.9. The Bertz CT molecular complexity index is 1190. The van der Waals surface area contributed by atoms with Gasteiger partial charge in [0.2, 0.25) is 5.91 Å². The van der Waals surface area contributed by atoms with Gasteiger partial charge in [0.05, 0.1) is 7.11 Å². The van der Waals surface area contributed by atoms with Gasteiger partial charge in [0, 0.05) is 36.0 Å². The Hall–Kier alpha value is -4.08. The number of hydrogen-bond acceptors (Lipinski definition) is 8. The van der Waals surface area contributed by atoms with Gasteiger partial charge in [0.1, 0.15) is 29.3 Å². The SMILES string of the molecule is COc1cccc(C(=O)Nc2cc([C@@H](C)CC(=O)c3ncnc4c3CCC(=O)N4)on2)c1. The fourth-order valence-electron chi connectivity index (χ4n) is 3.44. The summed E-state index contributed by atoms with van der Waals surface area (Å²) in [4.78, 5) is 45.0. The van der Waals surface area contributed by atoms with Crippen LogP contribution in [0.1, 0.15) is 57.9 Å². The number of methoxy groups -OCH3 is 1. The molecule has 0 spiro atoms. The van der Waals surface area contributed by atoms with Crippen molar-refractivity contribution < 1.29 is 23.6 Å². The summed E-state index contributed by atoms with van der Waals surface area (Å²) in [6, 6.07) is 8.32. The fraction of sp³-hybridized carbons (Fsp3) is 0.273. The highest BCUT2D eigenvalue weighted by atomic mass is 16.5. The van der Waals surface area contributed by atoms with E-state index >= 15 is 0 Å². The molecule has 0 saturated heterocycles. The largest absolute Gasteiger partial charge is 0.497 e. The molecule has 1 aliphatic rings. The Kier molecular flexibility index (Phi) is 5.93. The Labute approximate surface area is 183 Å². The minimum atomic E-state index is -0.359. The Morgan fingerprint density at radius 3 is 2.91 bits per heavy atom. The second-order valence-electron chi connectivity index (χ2n) is 7.43. The smallest absolute Gasteiger partial charge is 0.257 e. The minimum absolute atomic E-state index is 0.121. The molecule has 2 aromatic heterocycles. The normalized spacial score (nSPS) is 13.6. The van der Waals surface area contributed by atoms with Crippen molar-refractivity contribution in [2.45, 2.75) is 32.1 Å². The molecule has 0 radical (unpaired) electrons. The summed E-state index contributed by atoms with van der Waals surface area (Å²) in [5, 5.41) is 9.21. The number of hydrogen-bond donors (Lipinski definition) is 2. The number of ketones is 1. The Morgan fingerprint density at radius 2 is 2.09 bits per heavy atom. The number of rotatable bonds is 7. The van der Waals surface area contributed by atoms with Gasteiger partial charge in [0.25, 0.3) is 5.91 Å². The van der Waals surface area contributed by atoms with Gasteiger partial charge in [-0.05, 0) is 24.6 Å². The lowest BCUT2D eigenvalue weighted by Gasteiger charge is -2.17. The zero-order chi connectivity index (χ0) is 22.7. The molecular formula is C22H21N5O5. The van der Waals surface area contributed by atoms with Crippen LogP contribution >= 0.6 is 0 Å². The third-order valence-corrected chi connectivity index (χ3v) is 5.15. The molecule has 10 nitrogen and oxygen atoms in total. The van der Waals surface area contributed by atoms with E-state index in [1.165, 1.54) is 13.4 Å². The Morgan fingerprint density at radius 1 is 1.25 bits per heavy atom. The van der Waals surface area contributed by atoms with Gasteiger partial charge in [-0.15, -0.1) is 0 Å². The van der Waals surface area contributed by atoms with Crippen molar-refractivity contribution in [3.05, 3.63) is 59.2 Å². The van der Waals surface area contributed by atoms with Crippen molar-refractivity contribution in [1.82, 2.24) is 15.1 Å². The third kappa shape index (κ3) is 4.48. The van der Waals surface area contributed by atoms with E-state index in [-0.39, 0.29) is 42.2 Å². The first-order chi connectivity index (χ1) is 15.4. The molecule has 1 atom stereocenters. The average molecular weight is 435 g/mol. The quantitative estimate of drug-likeness (QED) is 0.541. The van der Waals surface area contributed by atoms with Crippen LogP contribution < -0.4 is 15.4 Å². The number of carbonyl (C=O) groups excluding carboxylic acids is 3. The van der Waals surface area contributed by atoms with E-state index < -0.39 is 0 Å². The molecule has 0 unspecified atom stereocenters. The van der Waals surface area contributed by atoms with Gasteiger partial charge in [-0.2, -0.15) is 0 Å². The molecule has 164 valence electrons. The molecule has 0 fully saturated rings. The zero-order valence-electron chi connectivity index (χ0n) is 17.5. The molecule has 2 N–H and O–H groups in total. The summed E-state index contributed by atoms with van der Waals surface area (Å²) in [6.45, 7) is 1.82. The first kappa shape index (κ1) is 21.2. The molecule has 2 amide bonds. The number of Topliss-reactive ketones (excluding diaryl/α,β-unsaturated/α-hetero) is 1. The van der Waals surface area contributed by atoms with E-state index in [9.17, 15) is 14.4 Å². The zero-order valence-corrected chi connectivity index (χ0v) is 17.5. The van der Waals surface area contributed by atoms with Gasteiger partial charge in [0.15, 0.2) is 11.6 Å². The molecule has 4 rings (SSSR count). The number of nitrogens with zero attached hydrogens (tertiary/aromatic N) is 3. The van der Waals surface area contributed by atoms with E-state index in [0.717, 1.165) is 0 Å². The maximum atomic E-state index is 12.9. The highest BCUT2D eigenvalue weighted by Gasteiger charge is 2.25. The van der Waals surface area contributed by atoms with Crippen LogP contribution in [0.5, 0.6) is 5.75 Å². The van der Waals surface area contributed by atoms with Crippen LogP contribution in [0.15, 0.2) is 41.2 Å². The summed E-state index contributed by atoms with van der Waals surface area (Å²) < 4.78 is 10.5. The molecule has 0 aliphatic carbocycles. The van der Waals surface area contributed by atoms with E-state index in [1.54, 1.807) is 30.3 Å². The highest BCUT2D eigenvalue weighted by molar-refractivity contribution is 6.04. The number of nitrogens with one attached hydrogen (secondary N) is 2. The molecule has 1 aliphatic heterocycles. The molecule has 0 saturated carbocycles.